The van der Waals surface area contributed by atoms with Gasteiger partial charge in [0.2, 0.25) is 0 Å². The lowest BCUT2D eigenvalue weighted by molar-refractivity contribution is 0.355. The highest BCUT2D eigenvalue weighted by atomic mass is 16.5. The van der Waals surface area contributed by atoms with Gasteiger partial charge in [-0.2, -0.15) is 0 Å². The highest BCUT2D eigenvalue weighted by molar-refractivity contribution is 5.85. The van der Waals surface area contributed by atoms with Crippen LogP contribution in [0.15, 0.2) is 43.4 Å². The number of hydrogen-bond donors (Lipinski definition) is 0. The molecule has 2 heterocycles. The number of methoxy groups -OCH3 is 4. The van der Waals surface area contributed by atoms with Crippen molar-refractivity contribution in [2.75, 3.05) is 28.4 Å². The summed E-state index contributed by atoms with van der Waals surface area (Å²) in [6.45, 7) is 0.249. The highest BCUT2D eigenvalue weighted by Crippen LogP contribution is 2.30. The summed E-state index contributed by atoms with van der Waals surface area (Å²) in [5.74, 6) is 1.35. The van der Waals surface area contributed by atoms with E-state index in [0.717, 1.165) is 0 Å². The predicted molar refractivity (Wildman–Crippen MR) is 138 cm³/mol. The van der Waals surface area contributed by atoms with Crippen molar-refractivity contribution in [1.82, 2.24) is 18.7 Å². The molecule has 0 amide bonds. The molecule has 12 nitrogen and oxygen atoms in total. The third-order valence-corrected chi connectivity index (χ3v) is 6.49. The topological polar surface area (TPSA) is 125 Å². The van der Waals surface area contributed by atoms with Crippen molar-refractivity contribution < 1.29 is 18.9 Å². The first-order valence-corrected chi connectivity index (χ1v) is 11.4. The van der Waals surface area contributed by atoms with Crippen LogP contribution < -0.4 is 41.2 Å². The molecule has 0 N–H and O–H groups in total. The number of benzene rings is 2. The Morgan fingerprint density at radius 1 is 0.514 bits per heavy atom. The van der Waals surface area contributed by atoms with Crippen LogP contribution in [0.5, 0.6) is 23.0 Å². The largest absolute Gasteiger partial charge is 0.493 e. The Morgan fingerprint density at radius 3 is 1.05 bits per heavy atom. The molecule has 4 aromatic rings. The van der Waals surface area contributed by atoms with Gasteiger partial charge in [0.15, 0.2) is 23.0 Å². The zero-order valence-corrected chi connectivity index (χ0v) is 21.5. The van der Waals surface area contributed by atoms with E-state index in [2.05, 4.69) is 0 Å². The molecule has 0 spiro atoms. The molecule has 0 radical (unpaired) electrons. The maximum absolute atomic E-state index is 13.3. The van der Waals surface area contributed by atoms with Gasteiger partial charge in [0.25, 0.3) is 22.2 Å². The SMILES string of the molecule is COc1cc2c(=O)n(C)n(CCCn3c(=O)c4cc(OC)c(OC)cc4c(=O)n3C)c(=O)c2cc1OC. The average molecular weight is 513 g/mol. The van der Waals surface area contributed by atoms with Gasteiger partial charge in [0.05, 0.1) is 50.0 Å². The third-order valence-electron chi connectivity index (χ3n) is 6.49. The average Bonchev–Trinajstić information content (AvgIpc) is 2.92. The number of rotatable bonds is 8. The van der Waals surface area contributed by atoms with Gasteiger partial charge in [-0.15, -0.1) is 0 Å². The van der Waals surface area contributed by atoms with Crippen molar-refractivity contribution in [2.45, 2.75) is 19.5 Å². The predicted octanol–water partition coefficient (Wildman–Crippen LogP) is 0.839. The zero-order chi connectivity index (χ0) is 27.0. The van der Waals surface area contributed by atoms with Gasteiger partial charge in [0, 0.05) is 27.2 Å². The van der Waals surface area contributed by atoms with E-state index < -0.39 is 11.1 Å². The molecule has 0 aliphatic heterocycles. The van der Waals surface area contributed by atoms with E-state index in [9.17, 15) is 19.2 Å². The monoisotopic (exact) mass is 512 g/mol. The molecular weight excluding hydrogens is 484 g/mol. The van der Waals surface area contributed by atoms with Crippen LogP contribution in [-0.4, -0.2) is 47.2 Å². The van der Waals surface area contributed by atoms with Gasteiger partial charge in [-0.05, 0) is 30.7 Å². The summed E-state index contributed by atoms with van der Waals surface area (Å²) in [5, 5.41) is 0.798. The summed E-state index contributed by atoms with van der Waals surface area (Å²) in [6, 6.07) is 5.92. The first kappa shape index (κ1) is 25.6. The summed E-state index contributed by atoms with van der Waals surface area (Å²) in [5.41, 5.74) is -1.55. The fourth-order valence-corrected chi connectivity index (χ4v) is 4.46. The molecule has 0 bridgehead atoms. The van der Waals surface area contributed by atoms with Crippen molar-refractivity contribution in [3.05, 3.63) is 65.7 Å². The number of fused-ring (bicyclic) bond motifs is 2. The van der Waals surface area contributed by atoms with Crippen LogP contribution in [0.1, 0.15) is 6.42 Å². The van der Waals surface area contributed by atoms with Crippen LogP contribution in [0, 0.1) is 0 Å². The van der Waals surface area contributed by atoms with E-state index in [4.69, 9.17) is 18.9 Å². The van der Waals surface area contributed by atoms with Crippen molar-refractivity contribution in [2.24, 2.45) is 14.1 Å². The van der Waals surface area contributed by atoms with Crippen LogP contribution >= 0.6 is 0 Å². The van der Waals surface area contributed by atoms with Crippen molar-refractivity contribution >= 4 is 21.5 Å². The van der Waals surface area contributed by atoms with Gasteiger partial charge in [-0.1, -0.05) is 0 Å². The molecule has 2 aromatic heterocycles. The van der Waals surface area contributed by atoms with Gasteiger partial charge >= 0.3 is 0 Å². The molecule has 0 atom stereocenters. The van der Waals surface area contributed by atoms with Crippen molar-refractivity contribution in [3.63, 3.8) is 0 Å². The number of ether oxygens (including phenoxy) is 4. The van der Waals surface area contributed by atoms with Crippen LogP contribution in [0.2, 0.25) is 0 Å². The summed E-state index contributed by atoms with van der Waals surface area (Å²) >= 11 is 0. The first-order valence-electron chi connectivity index (χ1n) is 11.4. The summed E-state index contributed by atoms with van der Waals surface area (Å²) in [4.78, 5) is 52.5. The molecule has 0 fully saturated rings. The molecule has 0 saturated carbocycles. The Balaban J connectivity index is 1.74. The first-order chi connectivity index (χ1) is 17.7. The third kappa shape index (κ3) is 4.13. The normalized spacial score (nSPS) is 11.2. The maximum atomic E-state index is 13.3. The minimum atomic E-state index is -0.394. The van der Waals surface area contributed by atoms with Gasteiger partial charge in [-0.25, -0.2) is 9.36 Å². The van der Waals surface area contributed by atoms with E-state index in [-0.39, 0.29) is 52.2 Å². The number of aromatic nitrogens is 4. The molecule has 2 aromatic carbocycles. The van der Waals surface area contributed by atoms with E-state index >= 15 is 0 Å². The molecule has 12 heteroatoms. The van der Waals surface area contributed by atoms with Crippen LogP contribution in [-0.2, 0) is 27.2 Å². The van der Waals surface area contributed by atoms with E-state index in [1.54, 1.807) is 0 Å². The van der Waals surface area contributed by atoms with Gasteiger partial charge in [-0.3, -0.25) is 28.5 Å². The zero-order valence-electron chi connectivity index (χ0n) is 21.5. The second-order valence-corrected chi connectivity index (χ2v) is 8.37. The Bertz CT molecular complexity index is 1630. The van der Waals surface area contributed by atoms with E-state index in [1.807, 2.05) is 0 Å². The minimum Gasteiger partial charge on any atom is -0.493 e. The van der Waals surface area contributed by atoms with Crippen LogP contribution in [0.3, 0.4) is 0 Å². The fraction of sp³-hybridized carbons (Fsp3) is 0.360. The van der Waals surface area contributed by atoms with Crippen LogP contribution in [0.4, 0.5) is 0 Å². The molecule has 0 aliphatic carbocycles. The summed E-state index contributed by atoms with van der Waals surface area (Å²) < 4.78 is 26.1. The van der Waals surface area contributed by atoms with Crippen LogP contribution in [0.25, 0.3) is 21.5 Å². The molecule has 0 aliphatic rings. The second kappa shape index (κ2) is 9.88. The molecule has 37 heavy (non-hydrogen) atoms. The molecule has 196 valence electrons. The number of hydrogen-bond acceptors (Lipinski definition) is 8. The molecule has 0 unspecified atom stereocenters. The van der Waals surface area contributed by atoms with E-state index in [1.165, 1.54) is 85.5 Å². The minimum absolute atomic E-state index is 0.124. The molecule has 0 saturated heterocycles. The molecular formula is C25H28N4O8. The highest BCUT2D eigenvalue weighted by Gasteiger charge is 2.17. The quantitative estimate of drug-likeness (QED) is 0.340. The standard InChI is InChI=1S/C25H28N4O8/c1-26-22(30)14-10-18(34-3)20(36-5)12-16(14)24(32)28(26)8-7-9-29-25(33)17-13-21(37-6)19(35-4)11-15(17)23(31)27(29)2/h10-13H,7-9H2,1-6H3. The Kier molecular flexibility index (Phi) is 6.84. The Hall–Kier alpha value is -4.48. The maximum Gasteiger partial charge on any atom is 0.273 e. The Labute approximate surface area is 210 Å². The number of nitrogens with zero attached hydrogens (tertiary/aromatic N) is 4. The fourth-order valence-electron chi connectivity index (χ4n) is 4.46. The lowest BCUT2D eigenvalue weighted by Gasteiger charge is -2.17. The lowest BCUT2D eigenvalue weighted by Crippen LogP contribution is -2.39. The Morgan fingerprint density at radius 2 is 0.784 bits per heavy atom. The molecule has 4 rings (SSSR count). The van der Waals surface area contributed by atoms with Gasteiger partial charge in [0.1, 0.15) is 0 Å². The summed E-state index contributed by atoms with van der Waals surface area (Å²) in [6.07, 6.45) is 0.290. The van der Waals surface area contributed by atoms with E-state index in [0.29, 0.717) is 23.0 Å². The van der Waals surface area contributed by atoms with Crippen molar-refractivity contribution in [3.8, 4) is 23.0 Å². The summed E-state index contributed by atoms with van der Waals surface area (Å²) in [7, 11) is 8.78. The smallest absolute Gasteiger partial charge is 0.273 e. The second-order valence-electron chi connectivity index (χ2n) is 8.37. The lowest BCUT2D eigenvalue weighted by atomic mass is 10.1. The van der Waals surface area contributed by atoms with Gasteiger partial charge < -0.3 is 18.9 Å². The van der Waals surface area contributed by atoms with Crippen molar-refractivity contribution in [1.29, 1.82) is 0 Å².